The lowest BCUT2D eigenvalue weighted by molar-refractivity contribution is 0.321. The minimum atomic E-state index is 0.610. The van der Waals surface area contributed by atoms with Gasteiger partial charge < -0.3 is 19.3 Å². The molecule has 0 saturated carbocycles. The maximum Gasteiger partial charge on any atom is 0.119 e. The molecule has 1 N–H and O–H groups in total. The zero-order valence-electron chi connectivity index (χ0n) is 19.1. The summed E-state index contributed by atoms with van der Waals surface area (Å²) < 4.78 is 11.0. The number of likely N-dealkylation sites (N-methyl/N-ethyl adjacent to an activating group) is 1. The van der Waals surface area contributed by atoms with Crippen molar-refractivity contribution < 1.29 is 9.47 Å². The monoisotopic (exact) mass is 422 g/mol. The molecule has 1 heterocycles. The summed E-state index contributed by atoms with van der Waals surface area (Å²) >= 11 is 0. The first-order chi connectivity index (χ1) is 15.1. The minimum absolute atomic E-state index is 0.610. The maximum atomic E-state index is 5.85. The smallest absolute Gasteiger partial charge is 0.119 e. The number of ether oxygens (including phenoxy) is 2. The number of rotatable bonds is 12. The number of methoxy groups -OCH3 is 1. The molecule has 0 aliphatic carbocycles. The van der Waals surface area contributed by atoms with Crippen molar-refractivity contribution in [1.29, 1.82) is 0 Å². The third kappa shape index (κ3) is 6.49. The Hall–Kier alpha value is -2.99. The van der Waals surface area contributed by atoms with Crippen molar-refractivity contribution in [3.8, 4) is 22.8 Å². The molecule has 31 heavy (non-hydrogen) atoms. The van der Waals surface area contributed by atoms with Gasteiger partial charge in [-0.15, -0.1) is 0 Å². The first-order valence-electron chi connectivity index (χ1n) is 10.9. The Kier molecular flexibility index (Phi) is 8.35. The Bertz CT molecular complexity index is 906. The van der Waals surface area contributed by atoms with E-state index < -0.39 is 0 Å². The second-order valence-corrected chi connectivity index (χ2v) is 7.85. The molecule has 0 atom stereocenters. The van der Waals surface area contributed by atoms with Crippen LogP contribution in [0.2, 0.25) is 0 Å². The molecular weight excluding hydrogens is 388 g/mol. The Morgan fingerprint density at radius 3 is 2.32 bits per heavy atom. The first kappa shape index (κ1) is 22.7. The lowest BCUT2D eigenvalue weighted by atomic mass is 10.1. The molecule has 0 fully saturated rings. The highest BCUT2D eigenvalue weighted by atomic mass is 16.5. The number of nitrogens with one attached hydrogen (secondary N) is 1. The van der Waals surface area contributed by atoms with Crippen molar-refractivity contribution in [3.63, 3.8) is 0 Å². The van der Waals surface area contributed by atoms with E-state index in [4.69, 9.17) is 9.47 Å². The molecule has 0 aliphatic rings. The largest absolute Gasteiger partial charge is 0.497 e. The van der Waals surface area contributed by atoms with Crippen molar-refractivity contribution >= 4 is 5.69 Å². The van der Waals surface area contributed by atoms with Crippen LogP contribution in [0.3, 0.4) is 0 Å². The third-order valence-electron chi connectivity index (χ3n) is 5.40. The summed E-state index contributed by atoms with van der Waals surface area (Å²) in [5.74, 6) is 1.68. The van der Waals surface area contributed by atoms with Crippen LogP contribution in [0.15, 0.2) is 54.7 Å². The highest BCUT2D eigenvalue weighted by Crippen LogP contribution is 2.25. The van der Waals surface area contributed by atoms with Crippen LogP contribution < -0.4 is 14.4 Å². The van der Waals surface area contributed by atoms with E-state index in [2.05, 4.69) is 65.3 Å². The first-order valence-corrected chi connectivity index (χ1v) is 10.9. The molecule has 3 rings (SSSR count). The molecule has 0 saturated heterocycles. The summed E-state index contributed by atoms with van der Waals surface area (Å²) in [4.78, 5) is 4.54. The second-order valence-electron chi connectivity index (χ2n) is 7.85. The topological polar surface area (TPSA) is 53.6 Å². The second kappa shape index (κ2) is 11.4. The Labute approximate surface area is 185 Å². The van der Waals surface area contributed by atoms with Crippen LogP contribution in [0.4, 0.5) is 5.69 Å². The van der Waals surface area contributed by atoms with Gasteiger partial charge in [0, 0.05) is 30.4 Å². The molecular formula is C25H34N4O2. The molecule has 0 radical (unpaired) electrons. The summed E-state index contributed by atoms with van der Waals surface area (Å²) in [6, 6.07) is 16.3. The van der Waals surface area contributed by atoms with Crippen LogP contribution in [0, 0.1) is 0 Å². The SMILES string of the molecule is CCCCN(C)Cc1cn[nH]c1-c1ccc(N(C)CCOc2ccc(OC)cc2)cc1. The Balaban J connectivity index is 1.54. The van der Waals surface area contributed by atoms with Crippen molar-refractivity contribution in [3.05, 3.63) is 60.3 Å². The lowest BCUT2D eigenvalue weighted by Crippen LogP contribution is -2.23. The molecule has 0 spiro atoms. The van der Waals surface area contributed by atoms with E-state index >= 15 is 0 Å². The molecule has 1 aromatic heterocycles. The fraction of sp³-hybridized carbons (Fsp3) is 0.400. The standard InChI is InChI=1S/C25H34N4O2/c1-5-6-15-28(2)19-21-18-26-27-25(21)20-7-9-22(10-8-20)29(3)16-17-31-24-13-11-23(30-4)12-14-24/h7-14,18H,5-6,15-17,19H2,1-4H3,(H,26,27). The molecule has 166 valence electrons. The molecule has 2 aromatic carbocycles. The number of hydrogen-bond donors (Lipinski definition) is 1. The van der Waals surface area contributed by atoms with Crippen molar-refractivity contribution in [2.24, 2.45) is 0 Å². The van der Waals surface area contributed by atoms with E-state index in [0.717, 1.165) is 48.1 Å². The predicted octanol–water partition coefficient (Wildman–Crippen LogP) is 4.83. The van der Waals surface area contributed by atoms with Crippen LogP contribution in [-0.4, -0.2) is 56.0 Å². The number of benzene rings is 2. The Morgan fingerprint density at radius 1 is 0.935 bits per heavy atom. The number of H-pyrrole nitrogens is 1. The summed E-state index contributed by atoms with van der Waals surface area (Å²) in [7, 11) is 5.91. The quantitative estimate of drug-likeness (QED) is 0.453. The Morgan fingerprint density at radius 2 is 1.65 bits per heavy atom. The van der Waals surface area contributed by atoms with Gasteiger partial charge in [-0.1, -0.05) is 25.5 Å². The van der Waals surface area contributed by atoms with E-state index in [0.29, 0.717) is 6.61 Å². The molecule has 0 amide bonds. The maximum absolute atomic E-state index is 5.85. The van der Waals surface area contributed by atoms with Gasteiger partial charge in [0.05, 0.1) is 25.5 Å². The minimum Gasteiger partial charge on any atom is -0.497 e. The van der Waals surface area contributed by atoms with Gasteiger partial charge in [-0.2, -0.15) is 5.10 Å². The number of aromatic amines is 1. The van der Waals surface area contributed by atoms with Gasteiger partial charge in [-0.05, 0) is 56.4 Å². The van der Waals surface area contributed by atoms with Gasteiger partial charge >= 0.3 is 0 Å². The van der Waals surface area contributed by atoms with Gasteiger partial charge in [0.2, 0.25) is 0 Å². The van der Waals surface area contributed by atoms with Crippen LogP contribution in [-0.2, 0) is 6.54 Å². The average Bonchev–Trinajstić information content (AvgIpc) is 3.26. The van der Waals surface area contributed by atoms with Gasteiger partial charge in [0.1, 0.15) is 18.1 Å². The van der Waals surface area contributed by atoms with Gasteiger partial charge in [0.25, 0.3) is 0 Å². The molecule has 0 unspecified atom stereocenters. The zero-order chi connectivity index (χ0) is 22.1. The molecule has 6 nitrogen and oxygen atoms in total. The van der Waals surface area contributed by atoms with E-state index in [1.54, 1.807) is 7.11 Å². The van der Waals surface area contributed by atoms with Crippen LogP contribution in [0.5, 0.6) is 11.5 Å². The number of hydrogen-bond acceptors (Lipinski definition) is 5. The number of nitrogens with zero attached hydrogens (tertiary/aromatic N) is 3. The fourth-order valence-corrected chi connectivity index (χ4v) is 3.46. The van der Waals surface area contributed by atoms with E-state index in [1.165, 1.54) is 18.4 Å². The molecule has 6 heteroatoms. The van der Waals surface area contributed by atoms with E-state index in [9.17, 15) is 0 Å². The fourth-order valence-electron chi connectivity index (χ4n) is 3.46. The summed E-state index contributed by atoms with van der Waals surface area (Å²) in [5, 5.41) is 7.46. The molecule has 0 bridgehead atoms. The third-order valence-corrected chi connectivity index (χ3v) is 5.40. The number of aromatic nitrogens is 2. The van der Waals surface area contributed by atoms with E-state index in [1.807, 2.05) is 30.5 Å². The summed E-state index contributed by atoms with van der Waals surface area (Å²) in [6.07, 6.45) is 4.36. The van der Waals surface area contributed by atoms with E-state index in [-0.39, 0.29) is 0 Å². The molecule has 0 aliphatic heterocycles. The summed E-state index contributed by atoms with van der Waals surface area (Å²) in [5.41, 5.74) is 4.64. The van der Waals surface area contributed by atoms with Crippen LogP contribution in [0.25, 0.3) is 11.3 Å². The van der Waals surface area contributed by atoms with Crippen LogP contribution >= 0.6 is 0 Å². The van der Waals surface area contributed by atoms with Crippen molar-refractivity contribution in [2.75, 3.05) is 45.8 Å². The van der Waals surface area contributed by atoms with Crippen molar-refractivity contribution in [1.82, 2.24) is 15.1 Å². The van der Waals surface area contributed by atoms with Gasteiger partial charge in [-0.3, -0.25) is 5.10 Å². The van der Waals surface area contributed by atoms with Crippen LogP contribution in [0.1, 0.15) is 25.3 Å². The number of anilines is 1. The van der Waals surface area contributed by atoms with Gasteiger partial charge in [-0.25, -0.2) is 0 Å². The van der Waals surface area contributed by atoms with Crippen molar-refractivity contribution in [2.45, 2.75) is 26.3 Å². The predicted molar refractivity (Wildman–Crippen MR) is 127 cm³/mol. The highest BCUT2D eigenvalue weighted by molar-refractivity contribution is 5.65. The molecule has 3 aromatic rings. The summed E-state index contributed by atoms with van der Waals surface area (Å²) in [6.45, 7) is 5.63. The van der Waals surface area contributed by atoms with Gasteiger partial charge in [0.15, 0.2) is 0 Å². The highest BCUT2D eigenvalue weighted by Gasteiger charge is 2.11. The zero-order valence-corrected chi connectivity index (χ0v) is 19.1. The lowest BCUT2D eigenvalue weighted by Gasteiger charge is -2.20. The number of unbranched alkanes of at least 4 members (excludes halogenated alkanes) is 1. The normalized spacial score (nSPS) is 11.0. The average molecular weight is 423 g/mol.